The molecule has 3 heteroatoms. The minimum atomic E-state index is -0.993. The largest absolute Gasteiger partial charge is 0.383 e. The highest BCUT2D eigenvalue weighted by molar-refractivity contribution is 8.17. The van der Waals surface area contributed by atoms with E-state index in [1.807, 2.05) is 37.3 Å². The van der Waals surface area contributed by atoms with Crippen molar-refractivity contribution in [3.63, 3.8) is 0 Å². The van der Waals surface area contributed by atoms with E-state index in [2.05, 4.69) is 72.8 Å². The third kappa shape index (κ3) is 3.15. The second kappa shape index (κ2) is 7.70. The molecule has 1 atom stereocenters. The highest BCUT2D eigenvalue weighted by Crippen LogP contribution is 2.56. The van der Waals surface area contributed by atoms with Crippen LogP contribution in [0.5, 0.6) is 0 Å². The summed E-state index contributed by atoms with van der Waals surface area (Å²) in [5, 5.41) is 16.8. The first-order valence-corrected chi connectivity index (χ1v) is 12.5. The molecule has 0 amide bonds. The van der Waals surface area contributed by atoms with E-state index >= 15 is 0 Å². The maximum absolute atomic E-state index is 11.8. The Balaban J connectivity index is 1.66. The van der Waals surface area contributed by atoms with Crippen molar-refractivity contribution in [3.05, 3.63) is 109 Å². The molecule has 6 rings (SSSR count). The van der Waals surface area contributed by atoms with Crippen LogP contribution in [0.3, 0.4) is 0 Å². The van der Waals surface area contributed by atoms with Crippen molar-refractivity contribution in [2.24, 2.45) is 0 Å². The average Bonchev–Trinajstić information content (AvgIpc) is 3.02. The lowest BCUT2D eigenvalue weighted by molar-refractivity contribution is 0.0756. The van der Waals surface area contributed by atoms with Crippen molar-refractivity contribution in [1.29, 1.82) is 0 Å². The summed E-state index contributed by atoms with van der Waals surface area (Å²) in [6.45, 7) is 1.94. The monoisotopic (exact) mass is 450 g/mol. The molecule has 5 aromatic rings. The summed E-state index contributed by atoms with van der Waals surface area (Å²) in [5.74, 6) is 0. The van der Waals surface area contributed by atoms with Crippen LogP contribution in [0.4, 0.5) is 0 Å². The van der Waals surface area contributed by atoms with Crippen LogP contribution >= 0.6 is 23.5 Å². The zero-order valence-electron chi connectivity index (χ0n) is 17.7. The summed E-state index contributed by atoms with van der Waals surface area (Å²) in [4.78, 5) is 2.43. The molecule has 156 valence electrons. The quantitative estimate of drug-likeness (QED) is 0.293. The highest BCUT2D eigenvalue weighted by Gasteiger charge is 2.38. The van der Waals surface area contributed by atoms with Gasteiger partial charge in [0.05, 0.1) is 4.58 Å². The molecule has 1 nitrogen and oxygen atoms in total. The number of thioether (sulfide) groups is 2. The first kappa shape index (κ1) is 19.9. The third-order valence-corrected chi connectivity index (χ3v) is 9.43. The predicted octanol–water partition coefficient (Wildman–Crippen LogP) is 8.09. The van der Waals surface area contributed by atoms with Gasteiger partial charge in [-0.25, -0.2) is 0 Å². The van der Waals surface area contributed by atoms with Gasteiger partial charge in [-0.05, 0) is 46.2 Å². The molecule has 32 heavy (non-hydrogen) atoms. The number of hydrogen-bond acceptors (Lipinski definition) is 3. The highest BCUT2D eigenvalue weighted by atomic mass is 32.2. The lowest BCUT2D eigenvalue weighted by Gasteiger charge is -2.32. The van der Waals surface area contributed by atoms with E-state index in [0.29, 0.717) is 0 Å². The van der Waals surface area contributed by atoms with E-state index in [0.717, 1.165) is 5.56 Å². The average molecular weight is 451 g/mol. The van der Waals surface area contributed by atoms with E-state index < -0.39 is 5.60 Å². The first-order valence-electron chi connectivity index (χ1n) is 10.8. The number of hydrogen-bond donors (Lipinski definition) is 1. The van der Waals surface area contributed by atoms with Crippen LogP contribution < -0.4 is 0 Å². The fraction of sp³-hybridized carbons (Fsp3) is 0.103. The standard InChI is InChI=1S/C29H22OS2/c1-29(30,21-11-3-2-4-12-21)28-31-24-17-15-19-9-5-7-13-22(19)26(24)27-23-14-8-6-10-20(23)16-18-25(27)32-28/h2-18,28,30H,1H3/t29-/m1/s1. The van der Waals surface area contributed by atoms with Crippen LogP contribution in [0, 0.1) is 0 Å². The van der Waals surface area contributed by atoms with E-state index in [9.17, 15) is 5.11 Å². The Morgan fingerprint density at radius 2 is 1.06 bits per heavy atom. The SMILES string of the molecule is C[C@@](O)(c1ccccc1)C1Sc2ccc3ccccc3c2-c2c(ccc3ccccc23)S1. The molecule has 0 radical (unpaired) electrons. The molecule has 0 bridgehead atoms. The summed E-state index contributed by atoms with van der Waals surface area (Å²) >= 11 is 3.55. The van der Waals surface area contributed by atoms with Gasteiger partial charge in [0.1, 0.15) is 5.60 Å². The molecule has 0 unspecified atom stereocenters. The Bertz CT molecular complexity index is 1370. The van der Waals surface area contributed by atoms with Gasteiger partial charge in [0, 0.05) is 20.9 Å². The third-order valence-electron chi connectivity index (χ3n) is 6.32. The maximum atomic E-state index is 11.8. The molecule has 1 aliphatic rings. The minimum absolute atomic E-state index is 0.0905. The van der Waals surface area contributed by atoms with Crippen molar-refractivity contribution in [2.45, 2.75) is 26.9 Å². The topological polar surface area (TPSA) is 20.2 Å². The van der Waals surface area contributed by atoms with Gasteiger partial charge in [0.25, 0.3) is 0 Å². The van der Waals surface area contributed by atoms with Gasteiger partial charge >= 0.3 is 0 Å². The number of aliphatic hydroxyl groups is 1. The Morgan fingerprint density at radius 1 is 0.594 bits per heavy atom. The van der Waals surface area contributed by atoms with E-state index in [1.54, 1.807) is 23.5 Å². The van der Waals surface area contributed by atoms with Crippen LogP contribution in [-0.2, 0) is 5.60 Å². The molecule has 0 aromatic heterocycles. The zero-order valence-corrected chi connectivity index (χ0v) is 19.3. The van der Waals surface area contributed by atoms with Gasteiger partial charge in [-0.15, -0.1) is 23.5 Å². The summed E-state index contributed by atoms with van der Waals surface area (Å²) < 4.78 is -0.0905. The zero-order chi connectivity index (χ0) is 21.7. The van der Waals surface area contributed by atoms with Crippen LogP contribution in [0.25, 0.3) is 32.7 Å². The Hall–Kier alpha value is -2.72. The van der Waals surface area contributed by atoms with E-state index in [1.165, 1.54) is 42.5 Å². The van der Waals surface area contributed by atoms with Gasteiger partial charge < -0.3 is 5.11 Å². The molecule has 0 aliphatic carbocycles. The summed E-state index contributed by atoms with van der Waals surface area (Å²) in [7, 11) is 0. The van der Waals surface area contributed by atoms with Crippen LogP contribution in [-0.4, -0.2) is 9.69 Å². The first-order chi connectivity index (χ1) is 15.6. The second-order valence-corrected chi connectivity index (χ2v) is 11.0. The molecule has 0 fully saturated rings. The number of benzene rings is 5. The lowest BCUT2D eigenvalue weighted by atomic mass is 9.94. The maximum Gasteiger partial charge on any atom is 0.108 e. The molecular formula is C29H22OS2. The fourth-order valence-electron chi connectivity index (χ4n) is 4.61. The van der Waals surface area contributed by atoms with Gasteiger partial charge in [-0.3, -0.25) is 0 Å². The van der Waals surface area contributed by atoms with Crippen molar-refractivity contribution in [1.82, 2.24) is 0 Å². The fourth-order valence-corrected chi connectivity index (χ4v) is 7.57. The van der Waals surface area contributed by atoms with Crippen LogP contribution in [0.2, 0.25) is 0 Å². The van der Waals surface area contributed by atoms with E-state index in [-0.39, 0.29) is 4.58 Å². The number of rotatable bonds is 2. The minimum Gasteiger partial charge on any atom is -0.383 e. The summed E-state index contributed by atoms with van der Waals surface area (Å²) in [6, 6.07) is 36.1. The second-order valence-electron chi connectivity index (χ2n) is 8.40. The lowest BCUT2D eigenvalue weighted by Crippen LogP contribution is -2.31. The summed E-state index contributed by atoms with van der Waals surface area (Å²) in [5.41, 5.74) is 2.50. The normalized spacial score (nSPS) is 15.7. The molecule has 0 saturated carbocycles. The van der Waals surface area contributed by atoms with Crippen molar-refractivity contribution in [2.75, 3.05) is 0 Å². The van der Waals surface area contributed by atoms with Crippen molar-refractivity contribution in [3.8, 4) is 11.1 Å². The number of fused-ring (bicyclic) bond motifs is 7. The van der Waals surface area contributed by atoms with E-state index in [4.69, 9.17) is 0 Å². The van der Waals surface area contributed by atoms with Gasteiger partial charge in [0.2, 0.25) is 0 Å². The summed E-state index contributed by atoms with van der Waals surface area (Å²) in [6.07, 6.45) is 0. The molecule has 1 N–H and O–H groups in total. The smallest absolute Gasteiger partial charge is 0.108 e. The Morgan fingerprint density at radius 3 is 1.59 bits per heavy atom. The van der Waals surface area contributed by atoms with Gasteiger partial charge in [-0.1, -0.05) is 91.0 Å². The molecular weight excluding hydrogens is 428 g/mol. The molecule has 0 spiro atoms. The van der Waals surface area contributed by atoms with Gasteiger partial charge in [-0.2, -0.15) is 0 Å². The molecule has 0 saturated heterocycles. The Labute approximate surface area is 196 Å². The van der Waals surface area contributed by atoms with Crippen LogP contribution in [0.1, 0.15) is 12.5 Å². The van der Waals surface area contributed by atoms with Gasteiger partial charge in [0.15, 0.2) is 0 Å². The molecule has 1 heterocycles. The molecule has 5 aromatic carbocycles. The van der Waals surface area contributed by atoms with Crippen molar-refractivity contribution < 1.29 is 5.11 Å². The van der Waals surface area contributed by atoms with Crippen LogP contribution in [0.15, 0.2) is 113 Å². The van der Waals surface area contributed by atoms with Crippen molar-refractivity contribution >= 4 is 45.1 Å². The Kier molecular flexibility index (Phi) is 4.80. The molecule has 1 aliphatic heterocycles. The predicted molar refractivity (Wildman–Crippen MR) is 138 cm³/mol.